The monoisotopic (exact) mass is 313 g/mol. The summed E-state index contributed by atoms with van der Waals surface area (Å²) in [6.45, 7) is 6.10. The van der Waals surface area contributed by atoms with Crippen molar-refractivity contribution in [3.63, 3.8) is 0 Å². The van der Waals surface area contributed by atoms with Crippen molar-refractivity contribution < 1.29 is 28.6 Å². The number of nitrogens with zero attached hydrogens (tertiary/aromatic N) is 1. The molecule has 1 aliphatic heterocycles. The molecule has 0 bridgehead atoms. The maximum absolute atomic E-state index is 12.5. The van der Waals surface area contributed by atoms with Crippen LogP contribution in [-0.4, -0.2) is 60.8 Å². The van der Waals surface area contributed by atoms with Crippen molar-refractivity contribution in [2.45, 2.75) is 44.8 Å². The highest BCUT2D eigenvalue weighted by atomic mass is 16.6. The van der Waals surface area contributed by atoms with E-state index in [-0.39, 0.29) is 18.9 Å². The Balaban J connectivity index is 2.09. The molecule has 7 heteroatoms. The zero-order valence-electron chi connectivity index (χ0n) is 13.5. The first-order valence-corrected chi connectivity index (χ1v) is 7.42. The van der Waals surface area contributed by atoms with E-state index in [1.807, 2.05) is 0 Å². The number of carbonyl (C=O) groups excluding carboxylic acids is 3. The lowest BCUT2D eigenvalue weighted by molar-refractivity contribution is -0.159. The molecule has 2 fully saturated rings. The Hall–Kier alpha value is -1.63. The van der Waals surface area contributed by atoms with E-state index in [1.54, 1.807) is 20.8 Å². The average Bonchev–Trinajstić information content (AvgIpc) is 2.74. The lowest BCUT2D eigenvalue weighted by Gasteiger charge is -2.39. The first kappa shape index (κ1) is 16.7. The second-order valence-electron chi connectivity index (χ2n) is 6.72. The molecule has 1 amide bonds. The van der Waals surface area contributed by atoms with Crippen LogP contribution >= 0.6 is 0 Å². The Morgan fingerprint density at radius 1 is 1.36 bits per heavy atom. The highest BCUT2D eigenvalue weighted by molar-refractivity contribution is 6.05. The molecule has 2 unspecified atom stereocenters. The van der Waals surface area contributed by atoms with Gasteiger partial charge in [-0.05, 0) is 33.6 Å². The average molecular weight is 313 g/mol. The van der Waals surface area contributed by atoms with Gasteiger partial charge in [-0.2, -0.15) is 0 Å². The van der Waals surface area contributed by atoms with Gasteiger partial charge in [-0.15, -0.1) is 0 Å². The van der Waals surface area contributed by atoms with Crippen LogP contribution in [0.1, 0.15) is 33.6 Å². The van der Waals surface area contributed by atoms with Crippen LogP contribution in [0.5, 0.6) is 0 Å². The van der Waals surface area contributed by atoms with E-state index in [1.165, 1.54) is 12.0 Å². The summed E-state index contributed by atoms with van der Waals surface area (Å²) >= 11 is 0. The molecule has 2 aliphatic rings. The van der Waals surface area contributed by atoms with E-state index in [0.717, 1.165) is 0 Å². The standard InChI is InChI=1S/C15H23NO6/c1-14(2,3)22-13(19)16-7-8-21-15(9-16)6-5-10(11(15)17)12(18)20-4/h10H,5-9H2,1-4H3. The molecule has 1 saturated heterocycles. The molecule has 22 heavy (non-hydrogen) atoms. The normalized spacial score (nSPS) is 28.8. The van der Waals surface area contributed by atoms with Gasteiger partial charge in [0.15, 0.2) is 5.78 Å². The largest absolute Gasteiger partial charge is 0.468 e. The zero-order valence-corrected chi connectivity index (χ0v) is 13.5. The van der Waals surface area contributed by atoms with Gasteiger partial charge in [0.2, 0.25) is 0 Å². The van der Waals surface area contributed by atoms with Crippen molar-refractivity contribution >= 4 is 17.8 Å². The summed E-state index contributed by atoms with van der Waals surface area (Å²) in [5.74, 6) is -1.64. The van der Waals surface area contributed by atoms with Gasteiger partial charge in [0.1, 0.15) is 17.1 Å². The van der Waals surface area contributed by atoms with Crippen molar-refractivity contribution in [3.8, 4) is 0 Å². The lowest BCUT2D eigenvalue weighted by Crippen LogP contribution is -2.57. The van der Waals surface area contributed by atoms with E-state index < -0.39 is 29.2 Å². The molecule has 2 rings (SSSR count). The van der Waals surface area contributed by atoms with Gasteiger partial charge in [0.05, 0.1) is 20.3 Å². The third kappa shape index (κ3) is 3.24. The lowest BCUT2D eigenvalue weighted by atomic mass is 9.96. The molecule has 0 aromatic rings. The quantitative estimate of drug-likeness (QED) is 0.533. The Morgan fingerprint density at radius 2 is 2.05 bits per heavy atom. The summed E-state index contributed by atoms with van der Waals surface area (Å²) in [6, 6.07) is 0. The fourth-order valence-electron chi connectivity index (χ4n) is 2.88. The second-order valence-corrected chi connectivity index (χ2v) is 6.72. The van der Waals surface area contributed by atoms with Gasteiger partial charge in [-0.1, -0.05) is 0 Å². The number of ketones is 1. The molecule has 1 aliphatic carbocycles. The Morgan fingerprint density at radius 3 is 2.64 bits per heavy atom. The topological polar surface area (TPSA) is 82.1 Å². The summed E-state index contributed by atoms with van der Waals surface area (Å²) in [5, 5.41) is 0. The van der Waals surface area contributed by atoms with Crippen molar-refractivity contribution in [2.75, 3.05) is 26.8 Å². The maximum Gasteiger partial charge on any atom is 0.410 e. The van der Waals surface area contributed by atoms with Gasteiger partial charge < -0.3 is 19.1 Å². The molecular weight excluding hydrogens is 290 g/mol. The SMILES string of the molecule is COC(=O)C1CCC2(CN(C(=O)OC(C)(C)C)CCO2)C1=O. The van der Waals surface area contributed by atoms with E-state index in [2.05, 4.69) is 4.74 Å². The van der Waals surface area contributed by atoms with Gasteiger partial charge >= 0.3 is 12.1 Å². The number of esters is 1. The van der Waals surface area contributed by atoms with Crippen molar-refractivity contribution in [1.82, 2.24) is 4.90 Å². The van der Waals surface area contributed by atoms with Crippen LogP contribution in [0.4, 0.5) is 4.79 Å². The van der Waals surface area contributed by atoms with E-state index in [0.29, 0.717) is 19.4 Å². The summed E-state index contributed by atoms with van der Waals surface area (Å²) in [4.78, 5) is 37.8. The minimum absolute atomic E-state index is 0.119. The van der Waals surface area contributed by atoms with Crippen molar-refractivity contribution in [3.05, 3.63) is 0 Å². The van der Waals surface area contributed by atoms with E-state index in [9.17, 15) is 14.4 Å². The minimum atomic E-state index is -1.10. The first-order chi connectivity index (χ1) is 10.2. The van der Waals surface area contributed by atoms with Crippen LogP contribution in [0.15, 0.2) is 0 Å². The van der Waals surface area contributed by atoms with Crippen molar-refractivity contribution in [1.29, 1.82) is 0 Å². The van der Waals surface area contributed by atoms with Crippen molar-refractivity contribution in [2.24, 2.45) is 5.92 Å². The molecular formula is C15H23NO6. The van der Waals surface area contributed by atoms with Crippen LogP contribution in [0.3, 0.4) is 0 Å². The van der Waals surface area contributed by atoms with E-state index >= 15 is 0 Å². The third-order valence-electron chi connectivity index (χ3n) is 3.93. The molecule has 0 N–H and O–H groups in total. The van der Waals surface area contributed by atoms with Gasteiger partial charge in [0.25, 0.3) is 0 Å². The predicted molar refractivity (Wildman–Crippen MR) is 76.2 cm³/mol. The molecule has 0 aromatic heterocycles. The number of Topliss-reactive ketones (excluding diaryl/α,β-unsaturated/α-hetero) is 1. The number of amides is 1. The van der Waals surface area contributed by atoms with Crippen LogP contribution in [0.2, 0.25) is 0 Å². The molecule has 1 spiro atoms. The Kier molecular flexibility index (Phi) is 4.47. The van der Waals surface area contributed by atoms with Gasteiger partial charge in [0, 0.05) is 6.54 Å². The molecule has 0 aromatic carbocycles. The summed E-state index contributed by atoms with van der Waals surface area (Å²) in [7, 11) is 1.26. The number of morpholine rings is 1. The number of methoxy groups -OCH3 is 1. The Bertz CT molecular complexity index is 483. The molecule has 2 atom stereocenters. The highest BCUT2D eigenvalue weighted by Crippen LogP contribution is 2.37. The predicted octanol–water partition coefficient (Wildman–Crippen LogP) is 1.14. The number of carbonyl (C=O) groups is 3. The van der Waals surface area contributed by atoms with Crippen LogP contribution in [0.25, 0.3) is 0 Å². The smallest absolute Gasteiger partial charge is 0.410 e. The number of hydrogen-bond donors (Lipinski definition) is 0. The summed E-state index contributed by atoms with van der Waals surface area (Å²) < 4.78 is 15.7. The fraction of sp³-hybridized carbons (Fsp3) is 0.800. The molecule has 124 valence electrons. The number of hydrogen-bond acceptors (Lipinski definition) is 6. The summed E-state index contributed by atoms with van der Waals surface area (Å²) in [6.07, 6.45) is 0.322. The molecule has 0 radical (unpaired) electrons. The molecule has 1 saturated carbocycles. The second kappa shape index (κ2) is 5.87. The Labute approximate surface area is 129 Å². The molecule has 7 nitrogen and oxygen atoms in total. The van der Waals surface area contributed by atoms with Gasteiger partial charge in [-0.25, -0.2) is 4.79 Å². The zero-order chi connectivity index (χ0) is 16.5. The number of ether oxygens (including phenoxy) is 3. The summed E-state index contributed by atoms with van der Waals surface area (Å²) in [5.41, 5.74) is -1.70. The number of rotatable bonds is 1. The van der Waals surface area contributed by atoms with Crippen LogP contribution < -0.4 is 0 Å². The molecule has 1 heterocycles. The third-order valence-corrected chi connectivity index (χ3v) is 3.93. The minimum Gasteiger partial charge on any atom is -0.468 e. The van der Waals surface area contributed by atoms with Crippen LogP contribution in [-0.2, 0) is 23.8 Å². The fourth-order valence-corrected chi connectivity index (χ4v) is 2.88. The van der Waals surface area contributed by atoms with E-state index in [4.69, 9.17) is 9.47 Å². The van der Waals surface area contributed by atoms with Gasteiger partial charge in [-0.3, -0.25) is 9.59 Å². The van der Waals surface area contributed by atoms with Crippen LogP contribution in [0, 0.1) is 5.92 Å². The first-order valence-electron chi connectivity index (χ1n) is 7.42. The highest BCUT2D eigenvalue weighted by Gasteiger charge is 2.54. The maximum atomic E-state index is 12.5.